The van der Waals surface area contributed by atoms with E-state index in [1.165, 1.54) is 0 Å². The van der Waals surface area contributed by atoms with Crippen molar-refractivity contribution in [2.45, 2.75) is 65.2 Å². The van der Waals surface area contributed by atoms with Crippen LogP contribution in [0.3, 0.4) is 0 Å². The van der Waals surface area contributed by atoms with Crippen molar-refractivity contribution in [3.8, 4) is 11.5 Å². The molecule has 6 heteroatoms. The topological polar surface area (TPSA) is 68.2 Å². The molecule has 6 nitrogen and oxygen atoms in total. The Bertz CT molecular complexity index is 945. The number of phenolic OH excluding ortho intramolecular Hbond substituents is 1. The van der Waals surface area contributed by atoms with Gasteiger partial charge in [0.05, 0.1) is 13.2 Å². The predicted molar refractivity (Wildman–Crippen MR) is 140 cm³/mol. The minimum atomic E-state index is -0.251. The molecule has 1 aliphatic rings. The van der Waals surface area contributed by atoms with E-state index in [0.717, 1.165) is 54.4 Å². The van der Waals surface area contributed by atoms with Gasteiger partial charge in [0.1, 0.15) is 24.7 Å². The number of anilines is 1. The molecule has 2 aromatic carbocycles. The number of nitrogens with zero attached hydrogens (tertiary/aromatic N) is 1. The van der Waals surface area contributed by atoms with E-state index in [1.807, 2.05) is 36.4 Å². The molecule has 0 saturated carbocycles. The number of rotatable bonds is 8. The van der Waals surface area contributed by atoms with Gasteiger partial charge in [0.2, 0.25) is 0 Å². The molecular formula is C29H41NO5. The predicted octanol–water partition coefficient (Wildman–Crippen LogP) is 5.38. The molecule has 0 unspecified atom stereocenters. The van der Waals surface area contributed by atoms with Gasteiger partial charge in [0, 0.05) is 25.2 Å². The van der Waals surface area contributed by atoms with Crippen molar-refractivity contribution in [2.24, 2.45) is 0 Å². The first kappa shape index (κ1) is 26.9. The van der Waals surface area contributed by atoms with Gasteiger partial charge in [-0.3, -0.25) is 4.79 Å². The fourth-order valence-electron chi connectivity index (χ4n) is 4.19. The van der Waals surface area contributed by atoms with Gasteiger partial charge in [-0.2, -0.15) is 0 Å². The lowest BCUT2D eigenvalue weighted by atomic mass is 9.78. The molecule has 0 aromatic heterocycles. The maximum Gasteiger partial charge on any atom is 0.306 e. The normalized spacial score (nSPS) is 14.6. The van der Waals surface area contributed by atoms with Crippen molar-refractivity contribution in [2.75, 3.05) is 44.4 Å². The lowest BCUT2D eigenvalue weighted by Gasteiger charge is -2.28. The summed E-state index contributed by atoms with van der Waals surface area (Å²) in [6.45, 7) is 16.3. The van der Waals surface area contributed by atoms with Gasteiger partial charge in [-0.05, 0) is 58.2 Å². The van der Waals surface area contributed by atoms with Crippen LogP contribution in [0.25, 0.3) is 0 Å². The molecule has 0 radical (unpaired) electrons. The summed E-state index contributed by atoms with van der Waals surface area (Å²) in [4.78, 5) is 14.6. The lowest BCUT2D eigenvalue weighted by Crippen LogP contribution is -2.36. The highest BCUT2D eigenvalue weighted by Crippen LogP contribution is 2.40. The van der Waals surface area contributed by atoms with Crippen LogP contribution in [0.2, 0.25) is 0 Å². The summed E-state index contributed by atoms with van der Waals surface area (Å²) < 4.78 is 16.5. The zero-order valence-corrected chi connectivity index (χ0v) is 22.1. The molecule has 0 spiro atoms. The highest BCUT2D eigenvalue weighted by molar-refractivity contribution is 5.69. The molecule has 192 valence electrons. The molecule has 2 aromatic rings. The number of benzene rings is 2. The standard InChI is InChI=1S/C29H41NO5/c1-28(2,3)24-19-21(20-25(27(24)32)29(4,5)6)7-12-26(31)35-18-17-34-23-10-8-22(9-11-23)30-13-15-33-16-14-30/h8-11,19-20,32H,7,12-18H2,1-6H3. The van der Waals surface area contributed by atoms with Gasteiger partial charge >= 0.3 is 5.97 Å². The molecule has 0 bridgehead atoms. The molecule has 1 heterocycles. The summed E-state index contributed by atoms with van der Waals surface area (Å²) >= 11 is 0. The SMILES string of the molecule is CC(C)(C)c1cc(CCC(=O)OCCOc2ccc(N3CCOCC3)cc2)cc(C(C)(C)C)c1O. The second kappa shape index (κ2) is 11.3. The van der Waals surface area contributed by atoms with Crippen LogP contribution in [0.1, 0.15) is 64.7 Å². The molecule has 1 fully saturated rings. The van der Waals surface area contributed by atoms with Crippen LogP contribution < -0.4 is 9.64 Å². The molecule has 0 atom stereocenters. The number of carbonyl (C=O) groups is 1. The smallest absolute Gasteiger partial charge is 0.306 e. The van der Waals surface area contributed by atoms with Crippen LogP contribution in [0.15, 0.2) is 36.4 Å². The van der Waals surface area contributed by atoms with Gasteiger partial charge in [-0.15, -0.1) is 0 Å². The maximum absolute atomic E-state index is 12.3. The largest absolute Gasteiger partial charge is 0.507 e. The van der Waals surface area contributed by atoms with E-state index in [0.29, 0.717) is 18.8 Å². The van der Waals surface area contributed by atoms with Crippen molar-refractivity contribution >= 4 is 11.7 Å². The number of ether oxygens (including phenoxy) is 3. The quantitative estimate of drug-likeness (QED) is 0.402. The maximum atomic E-state index is 12.3. The third-order valence-electron chi connectivity index (χ3n) is 6.23. The molecule has 1 aliphatic heterocycles. The van der Waals surface area contributed by atoms with E-state index in [9.17, 15) is 9.90 Å². The minimum Gasteiger partial charge on any atom is -0.507 e. The summed E-state index contributed by atoms with van der Waals surface area (Å²) in [6.07, 6.45) is 0.849. The van der Waals surface area contributed by atoms with Crippen LogP contribution in [0.4, 0.5) is 5.69 Å². The van der Waals surface area contributed by atoms with E-state index in [1.54, 1.807) is 0 Å². The second-order valence-corrected chi connectivity index (χ2v) is 11.2. The number of hydrogen-bond acceptors (Lipinski definition) is 6. The summed E-state index contributed by atoms with van der Waals surface area (Å²) in [6, 6.07) is 12.0. The number of morpholine rings is 1. The van der Waals surface area contributed by atoms with Crippen LogP contribution in [-0.2, 0) is 31.5 Å². The Hall–Kier alpha value is -2.73. The number of aryl methyl sites for hydroxylation is 1. The summed E-state index contributed by atoms with van der Waals surface area (Å²) in [5, 5.41) is 10.9. The number of phenols is 1. The Morgan fingerprint density at radius 3 is 2.06 bits per heavy atom. The van der Waals surface area contributed by atoms with Crippen molar-refractivity contribution < 1.29 is 24.1 Å². The molecule has 35 heavy (non-hydrogen) atoms. The van der Waals surface area contributed by atoms with E-state index in [2.05, 4.69) is 46.4 Å². The summed E-state index contributed by atoms with van der Waals surface area (Å²) in [7, 11) is 0. The lowest BCUT2D eigenvalue weighted by molar-refractivity contribution is -0.144. The van der Waals surface area contributed by atoms with Crippen molar-refractivity contribution in [1.29, 1.82) is 0 Å². The first-order chi connectivity index (χ1) is 16.4. The highest BCUT2D eigenvalue weighted by Gasteiger charge is 2.26. The van der Waals surface area contributed by atoms with Gasteiger partial charge in [-0.1, -0.05) is 53.7 Å². The molecule has 1 saturated heterocycles. The Kier molecular flexibility index (Phi) is 8.70. The molecule has 0 aliphatic carbocycles. The molecule has 3 rings (SSSR count). The second-order valence-electron chi connectivity index (χ2n) is 11.2. The van der Waals surface area contributed by atoms with E-state index < -0.39 is 0 Å². The molecular weight excluding hydrogens is 442 g/mol. The highest BCUT2D eigenvalue weighted by atomic mass is 16.6. The van der Waals surface area contributed by atoms with Crippen molar-refractivity contribution in [3.05, 3.63) is 53.1 Å². The summed E-state index contributed by atoms with van der Waals surface area (Å²) in [5.41, 5.74) is 3.61. The van der Waals surface area contributed by atoms with Crippen molar-refractivity contribution in [1.82, 2.24) is 0 Å². The third kappa shape index (κ3) is 7.63. The van der Waals surface area contributed by atoms with Crippen LogP contribution in [0, 0.1) is 0 Å². The minimum absolute atomic E-state index is 0.196. The zero-order valence-electron chi connectivity index (χ0n) is 22.1. The first-order valence-electron chi connectivity index (χ1n) is 12.5. The average molecular weight is 484 g/mol. The monoisotopic (exact) mass is 483 g/mol. The third-order valence-corrected chi connectivity index (χ3v) is 6.23. The number of esters is 1. The first-order valence-corrected chi connectivity index (χ1v) is 12.5. The summed E-state index contributed by atoms with van der Waals surface area (Å²) in [5.74, 6) is 0.858. The van der Waals surface area contributed by atoms with Crippen LogP contribution in [0.5, 0.6) is 11.5 Å². The van der Waals surface area contributed by atoms with E-state index in [-0.39, 0.29) is 29.8 Å². The fourth-order valence-corrected chi connectivity index (χ4v) is 4.19. The Morgan fingerprint density at radius 2 is 1.51 bits per heavy atom. The van der Waals surface area contributed by atoms with Gasteiger partial charge in [0.25, 0.3) is 0 Å². The van der Waals surface area contributed by atoms with E-state index in [4.69, 9.17) is 14.2 Å². The Labute approximate surface area is 210 Å². The number of hydrogen-bond donors (Lipinski definition) is 1. The van der Waals surface area contributed by atoms with Crippen molar-refractivity contribution in [3.63, 3.8) is 0 Å². The Balaban J connectivity index is 1.47. The fraction of sp³-hybridized carbons (Fsp3) is 0.552. The van der Waals surface area contributed by atoms with Crippen LogP contribution in [-0.4, -0.2) is 50.6 Å². The Morgan fingerprint density at radius 1 is 0.943 bits per heavy atom. The van der Waals surface area contributed by atoms with Gasteiger partial charge in [0.15, 0.2) is 0 Å². The van der Waals surface area contributed by atoms with Crippen LogP contribution >= 0.6 is 0 Å². The number of carbonyl (C=O) groups excluding carboxylic acids is 1. The van der Waals surface area contributed by atoms with E-state index >= 15 is 0 Å². The average Bonchev–Trinajstić information content (AvgIpc) is 2.80. The number of aromatic hydroxyl groups is 1. The van der Waals surface area contributed by atoms with Gasteiger partial charge < -0.3 is 24.2 Å². The molecule has 1 N–H and O–H groups in total. The van der Waals surface area contributed by atoms with Gasteiger partial charge in [-0.25, -0.2) is 0 Å². The zero-order chi connectivity index (χ0) is 25.6. The molecule has 0 amide bonds.